The Labute approximate surface area is 121 Å². The standard InChI is InChI=1S/C15H16F2N2O2/c1-21-13-8-10(9-18)2-3-12(13)19-14(20)11-4-6-15(16,17)7-5-11/h2-3,8,11H,4-7H2,1H3,(H,19,20). The van der Waals surface area contributed by atoms with Gasteiger partial charge >= 0.3 is 0 Å². The van der Waals surface area contributed by atoms with Gasteiger partial charge in [0.2, 0.25) is 11.8 Å². The molecule has 1 aromatic carbocycles. The fourth-order valence-electron chi connectivity index (χ4n) is 2.40. The van der Waals surface area contributed by atoms with Crippen LogP contribution in [-0.4, -0.2) is 18.9 Å². The van der Waals surface area contributed by atoms with E-state index in [4.69, 9.17) is 10.00 Å². The van der Waals surface area contributed by atoms with Crippen molar-refractivity contribution >= 4 is 11.6 Å². The number of alkyl halides is 2. The van der Waals surface area contributed by atoms with Crippen LogP contribution in [0.15, 0.2) is 18.2 Å². The number of halogens is 2. The summed E-state index contributed by atoms with van der Waals surface area (Å²) in [5.41, 5.74) is 0.862. The monoisotopic (exact) mass is 294 g/mol. The largest absolute Gasteiger partial charge is 0.495 e. The Bertz CT molecular complexity index is 572. The molecule has 0 bridgehead atoms. The molecule has 0 unspecified atom stereocenters. The van der Waals surface area contributed by atoms with Gasteiger partial charge < -0.3 is 10.1 Å². The van der Waals surface area contributed by atoms with E-state index in [2.05, 4.69) is 5.32 Å². The van der Waals surface area contributed by atoms with Gasteiger partial charge in [0.15, 0.2) is 0 Å². The first-order valence-corrected chi connectivity index (χ1v) is 6.72. The van der Waals surface area contributed by atoms with Gasteiger partial charge in [-0.2, -0.15) is 5.26 Å². The summed E-state index contributed by atoms with van der Waals surface area (Å²) in [5.74, 6) is -2.97. The van der Waals surface area contributed by atoms with Gasteiger partial charge in [0.1, 0.15) is 5.75 Å². The fraction of sp³-hybridized carbons (Fsp3) is 0.467. The average Bonchev–Trinajstić information content (AvgIpc) is 2.47. The van der Waals surface area contributed by atoms with Crippen LogP contribution in [0.1, 0.15) is 31.2 Å². The summed E-state index contributed by atoms with van der Waals surface area (Å²) < 4.78 is 31.3. The molecule has 0 atom stereocenters. The SMILES string of the molecule is COc1cc(C#N)ccc1NC(=O)C1CCC(F)(F)CC1. The maximum absolute atomic E-state index is 13.1. The number of carbonyl (C=O) groups is 1. The highest BCUT2D eigenvalue weighted by atomic mass is 19.3. The Kier molecular flexibility index (Phi) is 4.41. The van der Waals surface area contributed by atoms with Gasteiger partial charge in [-0.3, -0.25) is 4.79 Å². The van der Waals surface area contributed by atoms with Gasteiger partial charge in [-0.05, 0) is 25.0 Å². The number of nitrogens with zero attached hydrogens (tertiary/aromatic N) is 1. The second-order valence-corrected chi connectivity index (χ2v) is 5.15. The van der Waals surface area contributed by atoms with Crippen molar-refractivity contribution in [1.29, 1.82) is 5.26 Å². The zero-order valence-corrected chi connectivity index (χ0v) is 11.7. The zero-order valence-electron chi connectivity index (χ0n) is 11.7. The Morgan fingerprint density at radius 1 is 1.43 bits per heavy atom. The number of benzene rings is 1. The molecular formula is C15H16F2N2O2. The average molecular weight is 294 g/mol. The molecule has 2 rings (SSSR count). The Balaban J connectivity index is 2.05. The number of carbonyl (C=O) groups excluding carboxylic acids is 1. The molecule has 1 fully saturated rings. The van der Waals surface area contributed by atoms with Crippen molar-refractivity contribution in [1.82, 2.24) is 0 Å². The third-order valence-corrected chi connectivity index (χ3v) is 3.68. The first-order chi connectivity index (χ1) is 9.95. The third kappa shape index (κ3) is 3.69. The summed E-state index contributed by atoms with van der Waals surface area (Å²) in [4.78, 5) is 12.1. The maximum atomic E-state index is 13.1. The first-order valence-electron chi connectivity index (χ1n) is 6.72. The van der Waals surface area contributed by atoms with Crippen molar-refractivity contribution in [2.45, 2.75) is 31.6 Å². The molecule has 0 aliphatic heterocycles. The predicted octanol–water partition coefficient (Wildman–Crippen LogP) is 3.33. The van der Waals surface area contributed by atoms with Gasteiger partial charge in [0.25, 0.3) is 0 Å². The second kappa shape index (κ2) is 6.08. The molecule has 0 heterocycles. The minimum atomic E-state index is -2.65. The number of ether oxygens (including phenoxy) is 1. The predicted molar refractivity (Wildman–Crippen MR) is 73.2 cm³/mol. The van der Waals surface area contributed by atoms with Crippen LogP contribution in [0.2, 0.25) is 0 Å². The highest BCUT2D eigenvalue weighted by Gasteiger charge is 2.37. The summed E-state index contributed by atoms with van der Waals surface area (Å²) in [5, 5.41) is 11.5. The Morgan fingerprint density at radius 3 is 2.67 bits per heavy atom. The zero-order chi connectivity index (χ0) is 15.5. The smallest absolute Gasteiger partial charge is 0.248 e. The molecule has 1 N–H and O–H groups in total. The number of nitriles is 1. The molecule has 1 amide bonds. The molecule has 112 valence electrons. The van der Waals surface area contributed by atoms with Crippen LogP contribution in [0.3, 0.4) is 0 Å². The quantitative estimate of drug-likeness (QED) is 0.930. The van der Waals surface area contributed by atoms with Gasteiger partial charge in [-0.25, -0.2) is 8.78 Å². The molecule has 1 saturated carbocycles. The van der Waals surface area contributed by atoms with E-state index in [9.17, 15) is 13.6 Å². The molecule has 4 nitrogen and oxygen atoms in total. The summed E-state index contributed by atoms with van der Waals surface area (Å²) in [6, 6.07) is 6.64. The highest BCUT2D eigenvalue weighted by Crippen LogP contribution is 2.37. The molecule has 1 aromatic rings. The Hall–Kier alpha value is -2.16. The van der Waals surface area contributed by atoms with Gasteiger partial charge in [0.05, 0.1) is 24.4 Å². The molecule has 0 spiro atoms. The molecule has 21 heavy (non-hydrogen) atoms. The molecular weight excluding hydrogens is 278 g/mol. The number of rotatable bonds is 3. The lowest BCUT2D eigenvalue weighted by atomic mass is 9.86. The minimum absolute atomic E-state index is 0.178. The van der Waals surface area contributed by atoms with E-state index in [1.807, 2.05) is 6.07 Å². The van der Waals surface area contributed by atoms with E-state index in [0.29, 0.717) is 17.0 Å². The van der Waals surface area contributed by atoms with Crippen molar-refractivity contribution in [2.24, 2.45) is 5.92 Å². The first kappa shape index (κ1) is 15.2. The van der Waals surface area contributed by atoms with Crippen LogP contribution < -0.4 is 10.1 Å². The topological polar surface area (TPSA) is 62.1 Å². The third-order valence-electron chi connectivity index (χ3n) is 3.68. The molecule has 0 radical (unpaired) electrons. The lowest BCUT2D eigenvalue weighted by Gasteiger charge is -2.27. The van der Waals surface area contributed by atoms with Crippen LogP contribution in [0.25, 0.3) is 0 Å². The minimum Gasteiger partial charge on any atom is -0.495 e. The number of nitrogens with one attached hydrogen (secondary N) is 1. The summed E-state index contributed by atoms with van der Waals surface area (Å²) >= 11 is 0. The van der Waals surface area contributed by atoms with Crippen molar-refractivity contribution in [3.8, 4) is 11.8 Å². The van der Waals surface area contributed by atoms with Gasteiger partial charge in [-0.1, -0.05) is 0 Å². The highest BCUT2D eigenvalue weighted by molar-refractivity contribution is 5.94. The van der Waals surface area contributed by atoms with E-state index < -0.39 is 11.8 Å². The van der Waals surface area contributed by atoms with Crippen LogP contribution in [0, 0.1) is 17.2 Å². The van der Waals surface area contributed by atoms with Gasteiger partial charge in [-0.15, -0.1) is 0 Å². The molecule has 6 heteroatoms. The van der Waals surface area contributed by atoms with Crippen LogP contribution in [-0.2, 0) is 4.79 Å². The van der Waals surface area contributed by atoms with Crippen molar-refractivity contribution in [2.75, 3.05) is 12.4 Å². The molecule has 0 aromatic heterocycles. The number of methoxy groups -OCH3 is 1. The van der Waals surface area contributed by atoms with E-state index >= 15 is 0 Å². The van der Waals surface area contributed by atoms with E-state index in [0.717, 1.165) is 0 Å². The number of anilines is 1. The van der Waals surface area contributed by atoms with Crippen LogP contribution in [0.5, 0.6) is 5.75 Å². The van der Waals surface area contributed by atoms with E-state index in [-0.39, 0.29) is 31.6 Å². The second-order valence-electron chi connectivity index (χ2n) is 5.15. The van der Waals surface area contributed by atoms with E-state index in [1.54, 1.807) is 12.1 Å². The molecule has 0 saturated heterocycles. The normalized spacial score (nSPS) is 17.8. The number of hydrogen-bond acceptors (Lipinski definition) is 3. The van der Waals surface area contributed by atoms with E-state index in [1.165, 1.54) is 13.2 Å². The molecule has 1 aliphatic rings. The van der Waals surface area contributed by atoms with Crippen molar-refractivity contribution in [3.05, 3.63) is 23.8 Å². The fourth-order valence-corrected chi connectivity index (χ4v) is 2.40. The van der Waals surface area contributed by atoms with Gasteiger partial charge in [0, 0.05) is 24.8 Å². The van der Waals surface area contributed by atoms with Crippen LogP contribution >= 0.6 is 0 Å². The molecule has 1 aliphatic carbocycles. The summed E-state index contributed by atoms with van der Waals surface area (Å²) in [7, 11) is 1.44. The lowest BCUT2D eigenvalue weighted by molar-refractivity contribution is -0.124. The lowest BCUT2D eigenvalue weighted by Crippen LogP contribution is -2.31. The number of hydrogen-bond donors (Lipinski definition) is 1. The summed E-state index contributed by atoms with van der Waals surface area (Å²) in [6.07, 6.45) is -0.153. The number of amides is 1. The Morgan fingerprint density at radius 2 is 2.10 bits per heavy atom. The maximum Gasteiger partial charge on any atom is 0.248 e. The van der Waals surface area contributed by atoms with Crippen molar-refractivity contribution in [3.63, 3.8) is 0 Å². The summed E-state index contributed by atoms with van der Waals surface area (Å²) in [6.45, 7) is 0. The van der Waals surface area contributed by atoms with Crippen molar-refractivity contribution < 1.29 is 18.3 Å². The van der Waals surface area contributed by atoms with Crippen LogP contribution in [0.4, 0.5) is 14.5 Å².